The summed E-state index contributed by atoms with van der Waals surface area (Å²) in [6, 6.07) is 0. The molecule has 0 atom stereocenters. The molecule has 15 heavy (non-hydrogen) atoms. The number of amides is 1. The Balaban J connectivity index is 3.74. The molecule has 0 radical (unpaired) electrons. The van der Waals surface area contributed by atoms with Crippen molar-refractivity contribution in [2.75, 3.05) is 13.2 Å². The van der Waals surface area contributed by atoms with Crippen LogP contribution in [-0.2, 0) is 14.3 Å². The second-order valence-electron chi connectivity index (χ2n) is 3.65. The maximum atomic E-state index is 11.0. The Morgan fingerprint density at radius 1 is 1.33 bits per heavy atom. The van der Waals surface area contributed by atoms with Crippen molar-refractivity contribution in [3.05, 3.63) is 12.2 Å². The smallest absolute Gasteiger partial charge is 0.330 e. The lowest BCUT2D eigenvalue weighted by Crippen LogP contribution is -2.21. The van der Waals surface area contributed by atoms with Gasteiger partial charge in [-0.15, -0.1) is 0 Å². The average Bonchev–Trinajstić information content (AvgIpc) is 2.20. The van der Waals surface area contributed by atoms with Gasteiger partial charge in [-0.05, 0) is 12.3 Å². The van der Waals surface area contributed by atoms with E-state index in [-0.39, 0.29) is 5.91 Å². The molecule has 0 saturated carbocycles. The summed E-state index contributed by atoms with van der Waals surface area (Å²) in [5, 5.41) is 2.62. The summed E-state index contributed by atoms with van der Waals surface area (Å²) in [4.78, 5) is 22.1. The molecule has 0 aromatic carbocycles. The molecule has 0 aliphatic carbocycles. The number of esters is 1. The SMILES string of the molecule is CCCNC(=O)C=CC(=O)OCC(C)C. The quantitative estimate of drug-likeness (QED) is 0.534. The number of carbonyl (C=O) groups excluding carboxylic acids is 2. The Hall–Kier alpha value is -1.32. The Bertz CT molecular complexity index is 234. The van der Waals surface area contributed by atoms with Crippen LogP contribution in [0.5, 0.6) is 0 Å². The number of rotatable bonds is 6. The zero-order valence-electron chi connectivity index (χ0n) is 9.58. The number of hydrogen-bond donors (Lipinski definition) is 1. The van der Waals surface area contributed by atoms with Crippen molar-refractivity contribution in [1.29, 1.82) is 0 Å². The molecule has 4 nitrogen and oxygen atoms in total. The van der Waals surface area contributed by atoms with Gasteiger partial charge in [0.25, 0.3) is 0 Å². The van der Waals surface area contributed by atoms with Gasteiger partial charge >= 0.3 is 5.97 Å². The summed E-state index contributed by atoms with van der Waals surface area (Å²) >= 11 is 0. The molecule has 0 unspecified atom stereocenters. The van der Waals surface area contributed by atoms with Crippen LogP contribution in [0.15, 0.2) is 12.2 Å². The maximum Gasteiger partial charge on any atom is 0.330 e. The van der Waals surface area contributed by atoms with E-state index in [0.29, 0.717) is 19.1 Å². The highest BCUT2D eigenvalue weighted by atomic mass is 16.5. The average molecular weight is 213 g/mol. The van der Waals surface area contributed by atoms with E-state index < -0.39 is 5.97 Å². The highest BCUT2D eigenvalue weighted by Gasteiger charge is 2.00. The molecule has 0 aliphatic heterocycles. The van der Waals surface area contributed by atoms with Gasteiger partial charge in [0.2, 0.25) is 5.91 Å². The fourth-order valence-electron chi connectivity index (χ4n) is 0.748. The van der Waals surface area contributed by atoms with E-state index in [1.165, 1.54) is 6.08 Å². The van der Waals surface area contributed by atoms with E-state index in [1.807, 2.05) is 20.8 Å². The van der Waals surface area contributed by atoms with E-state index in [2.05, 4.69) is 5.32 Å². The molecule has 0 rings (SSSR count). The van der Waals surface area contributed by atoms with E-state index in [4.69, 9.17) is 4.74 Å². The topological polar surface area (TPSA) is 55.4 Å². The summed E-state index contributed by atoms with van der Waals surface area (Å²) in [5.74, 6) is -0.440. The Morgan fingerprint density at radius 3 is 2.53 bits per heavy atom. The van der Waals surface area contributed by atoms with Crippen molar-refractivity contribution in [2.45, 2.75) is 27.2 Å². The minimum Gasteiger partial charge on any atom is -0.462 e. The van der Waals surface area contributed by atoms with E-state index in [0.717, 1.165) is 12.5 Å². The highest BCUT2D eigenvalue weighted by molar-refractivity contribution is 5.94. The number of hydrogen-bond acceptors (Lipinski definition) is 3. The Kier molecular flexibility index (Phi) is 7.32. The highest BCUT2D eigenvalue weighted by Crippen LogP contribution is 1.93. The Morgan fingerprint density at radius 2 is 2.00 bits per heavy atom. The normalized spacial score (nSPS) is 10.7. The van der Waals surface area contributed by atoms with Crippen LogP contribution in [0.2, 0.25) is 0 Å². The minimum atomic E-state index is -0.477. The van der Waals surface area contributed by atoms with E-state index >= 15 is 0 Å². The molecule has 0 saturated heterocycles. The van der Waals surface area contributed by atoms with Crippen molar-refractivity contribution in [3.63, 3.8) is 0 Å². The molecule has 0 aliphatic rings. The summed E-state index contributed by atoms with van der Waals surface area (Å²) < 4.78 is 4.85. The van der Waals surface area contributed by atoms with Crippen LogP contribution in [0.3, 0.4) is 0 Å². The molecule has 0 aromatic heterocycles. The van der Waals surface area contributed by atoms with Crippen LogP contribution >= 0.6 is 0 Å². The predicted octanol–water partition coefficient (Wildman–Crippen LogP) is 1.27. The third-order valence-corrected chi connectivity index (χ3v) is 1.48. The molecule has 1 amide bonds. The van der Waals surface area contributed by atoms with Gasteiger partial charge in [0.1, 0.15) is 0 Å². The minimum absolute atomic E-state index is 0.265. The van der Waals surface area contributed by atoms with Gasteiger partial charge in [-0.3, -0.25) is 4.79 Å². The fourth-order valence-corrected chi connectivity index (χ4v) is 0.748. The first kappa shape index (κ1) is 13.7. The first-order valence-corrected chi connectivity index (χ1v) is 5.19. The van der Waals surface area contributed by atoms with Crippen LogP contribution in [0.25, 0.3) is 0 Å². The first-order valence-electron chi connectivity index (χ1n) is 5.19. The molecule has 0 fully saturated rings. The first-order chi connectivity index (χ1) is 7.06. The maximum absolute atomic E-state index is 11.0. The molecule has 0 heterocycles. The summed E-state index contributed by atoms with van der Waals surface area (Å²) in [7, 11) is 0. The molecule has 1 N–H and O–H groups in total. The number of ether oxygens (including phenoxy) is 1. The van der Waals surface area contributed by atoms with Gasteiger partial charge in [0.05, 0.1) is 6.61 Å². The van der Waals surface area contributed by atoms with E-state index in [9.17, 15) is 9.59 Å². The van der Waals surface area contributed by atoms with Crippen LogP contribution in [-0.4, -0.2) is 25.0 Å². The molecule has 0 spiro atoms. The van der Waals surface area contributed by atoms with Crippen LogP contribution < -0.4 is 5.32 Å². The Labute approximate surface area is 90.7 Å². The van der Waals surface area contributed by atoms with Crippen LogP contribution in [0, 0.1) is 5.92 Å². The monoisotopic (exact) mass is 213 g/mol. The van der Waals surface area contributed by atoms with Gasteiger partial charge in [0, 0.05) is 18.7 Å². The second kappa shape index (κ2) is 8.03. The predicted molar refractivity (Wildman–Crippen MR) is 58.2 cm³/mol. The molecule has 86 valence electrons. The third kappa shape index (κ3) is 9.00. The van der Waals surface area contributed by atoms with Gasteiger partial charge in [-0.25, -0.2) is 4.79 Å². The van der Waals surface area contributed by atoms with Crippen molar-refractivity contribution < 1.29 is 14.3 Å². The number of nitrogens with one attached hydrogen (secondary N) is 1. The summed E-state index contributed by atoms with van der Waals surface area (Å²) in [6.45, 7) is 6.85. The molecular formula is C11H19NO3. The van der Waals surface area contributed by atoms with Gasteiger partial charge < -0.3 is 10.1 Å². The van der Waals surface area contributed by atoms with Crippen molar-refractivity contribution in [2.24, 2.45) is 5.92 Å². The van der Waals surface area contributed by atoms with Gasteiger partial charge in [-0.1, -0.05) is 20.8 Å². The van der Waals surface area contributed by atoms with Crippen molar-refractivity contribution in [1.82, 2.24) is 5.32 Å². The zero-order valence-corrected chi connectivity index (χ0v) is 9.58. The summed E-state index contributed by atoms with van der Waals surface area (Å²) in [6.07, 6.45) is 3.21. The second-order valence-corrected chi connectivity index (χ2v) is 3.65. The zero-order chi connectivity index (χ0) is 11.7. The largest absolute Gasteiger partial charge is 0.462 e. The lowest BCUT2D eigenvalue weighted by Gasteiger charge is -2.03. The molecule has 0 bridgehead atoms. The fraction of sp³-hybridized carbons (Fsp3) is 0.636. The third-order valence-electron chi connectivity index (χ3n) is 1.48. The standard InChI is InChI=1S/C11H19NO3/c1-4-7-12-10(13)5-6-11(14)15-8-9(2)3/h5-6,9H,4,7-8H2,1-3H3,(H,12,13). The molecule has 4 heteroatoms. The van der Waals surface area contributed by atoms with Gasteiger partial charge in [0.15, 0.2) is 0 Å². The van der Waals surface area contributed by atoms with E-state index in [1.54, 1.807) is 0 Å². The number of carbonyl (C=O) groups is 2. The van der Waals surface area contributed by atoms with Crippen molar-refractivity contribution in [3.8, 4) is 0 Å². The lowest BCUT2D eigenvalue weighted by atomic mass is 10.2. The van der Waals surface area contributed by atoms with Crippen LogP contribution in [0.4, 0.5) is 0 Å². The van der Waals surface area contributed by atoms with Crippen molar-refractivity contribution >= 4 is 11.9 Å². The molecular weight excluding hydrogens is 194 g/mol. The molecule has 0 aromatic rings. The van der Waals surface area contributed by atoms with Crippen LogP contribution in [0.1, 0.15) is 27.2 Å². The lowest BCUT2D eigenvalue weighted by molar-refractivity contribution is -0.139. The van der Waals surface area contributed by atoms with Gasteiger partial charge in [-0.2, -0.15) is 0 Å². The summed E-state index contributed by atoms with van der Waals surface area (Å²) in [5.41, 5.74) is 0.